The molecule has 152 valence electrons. The van der Waals surface area contributed by atoms with E-state index >= 15 is 0 Å². The Morgan fingerprint density at radius 3 is 2.41 bits per heavy atom. The molecule has 1 heterocycles. The highest BCUT2D eigenvalue weighted by molar-refractivity contribution is 5.96. The number of carbonyl (C=O) groups is 2. The number of nitrogens with one attached hydrogen (secondary N) is 1. The first kappa shape index (κ1) is 18.3. The third-order valence-electron chi connectivity index (χ3n) is 7.01. The second kappa shape index (κ2) is 6.37. The van der Waals surface area contributed by atoms with Crippen LogP contribution in [0.4, 0.5) is 5.69 Å². The first-order valence-electron chi connectivity index (χ1n) is 10.2. The number of esters is 1. The average Bonchev–Trinajstić information content (AvgIpc) is 3.14. The zero-order chi connectivity index (χ0) is 20.2. The molecule has 1 aromatic heterocycles. The van der Waals surface area contributed by atoms with Crippen molar-refractivity contribution in [2.24, 2.45) is 17.3 Å². The van der Waals surface area contributed by atoms with E-state index in [1.165, 1.54) is 13.5 Å². The van der Waals surface area contributed by atoms with E-state index in [1.807, 2.05) is 6.92 Å². The Hall–Kier alpha value is -2.77. The van der Waals surface area contributed by atoms with E-state index in [9.17, 15) is 9.59 Å². The number of tetrazole rings is 1. The Kier molecular flexibility index (Phi) is 4.01. The van der Waals surface area contributed by atoms with Crippen LogP contribution >= 0.6 is 0 Å². The zero-order valence-corrected chi connectivity index (χ0v) is 16.7. The Bertz CT molecular complexity index is 953. The van der Waals surface area contributed by atoms with Gasteiger partial charge in [-0.3, -0.25) is 4.79 Å². The van der Waals surface area contributed by atoms with Crippen molar-refractivity contribution in [1.82, 2.24) is 20.2 Å². The number of methoxy groups -OCH3 is 1. The molecule has 0 spiro atoms. The number of hydrogen-bond donors (Lipinski definition) is 1. The van der Waals surface area contributed by atoms with Crippen LogP contribution in [0.3, 0.4) is 0 Å². The minimum absolute atomic E-state index is 0.0682. The highest BCUT2D eigenvalue weighted by Crippen LogP contribution is 2.64. The average molecular weight is 395 g/mol. The van der Waals surface area contributed by atoms with Gasteiger partial charge in [-0.2, -0.15) is 4.80 Å². The van der Waals surface area contributed by atoms with Gasteiger partial charge in [0.25, 0.3) is 0 Å². The van der Waals surface area contributed by atoms with Crippen LogP contribution in [0.1, 0.15) is 54.7 Å². The van der Waals surface area contributed by atoms with Crippen molar-refractivity contribution in [2.75, 3.05) is 12.4 Å². The predicted molar refractivity (Wildman–Crippen MR) is 104 cm³/mol. The summed E-state index contributed by atoms with van der Waals surface area (Å²) >= 11 is 0. The zero-order valence-electron chi connectivity index (χ0n) is 16.7. The lowest BCUT2D eigenvalue weighted by Gasteiger charge is -2.60. The fraction of sp³-hybridized carbons (Fsp3) is 0.571. The number of anilines is 1. The predicted octanol–water partition coefficient (Wildman–Crippen LogP) is 2.70. The summed E-state index contributed by atoms with van der Waals surface area (Å²) in [6, 6.07) is 6.85. The van der Waals surface area contributed by atoms with E-state index in [-0.39, 0.29) is 17.4 Å². The Balaban J connectivity index is 1.40. The quantitative estimate of drug-likeness (QED) is 0.799. The minimum atomic E-state index is -0.396. The summed E-state index contributed by atoms with van der Waals surface area (Å²) in [5.74, 6) is 1.40. The lowest BCUT2D eigenvalue weighted by atomic mass is 9.46. The van der Waals surface area contributed by atoms with E-state index in [0.717, 1.165) is 32.1 Å². The fourth-order valence-electron chi connectivity index (χ4n) is 6.27. The molecule has 4 saturated carbocycles. The Morgan fingerprint density at radius 1 is 1.14 bits per heavy atom. The van der Waals surface area contributed by atoms with Crippen molar-refractivity contribution >= 4 is 17.6 Å². The largest absolute Gasteiger partial charge is 0.465 e. The molecule has 1 amide bonds. The van der Waals surface area contributed by atoms with Gasteiger partial charge < -0.3 is 10.1 Å². The number of nitrogens with zero attached hydrogens (tertiary/aromatic N) is 4. The number of ether oxygens (including phenoxy) is 1. The van der Waals surface area contributed by atoms with Gasteiger partial charge in [0.1, 0.15) is 0 Å². The summed E-state index contributed by atoms with van der Waals surface area (Å²) in [4.78, 5) is 26.9. The van der Waals surface area contributed by atoms with Crippen LogP contribution < -0.4 is 5.32 Å². The summed E-state index contributed by atoms with van der Waals surface area (Å²) in [5, 5.41) is 16.0. The van der Waals surface area contributed by atoms with E-state index in [4.69, 9.17) is 4.74 Å². The number of amides is 1. The van der Waals surface area contributed by atoms with E-state index in [0.29, 0.717) is 28.9 Å². The first-order chi connectivity index (χ1) is 13.9. The van der Waals surface area contributed by atoms with Gasteiger partial charge in [-0.25, -0.2) is 4.79 Å². The minimum Gasteiger partial charge on any atom is -0.465 e. The van der Waals surface area contributed by atoms with Crippen molar-refractivity contribution in [1.29, 1.82) is 0 Å². The number of hydrogen-bond acceptors (Lipinski definition) is 6. The molecular weight excluding hydrogens is 370 g/mol. The molecule has 1 aromatic carbocycles. The molecule has 0 radical (unpaired) electrons. The molecule has 29 heavy (non-hydrogen) atoms. The van der Waals surface area contributed by atoms with Gasteiger partial charge in [0, 0.05) is 5.69 Å². The fourth-order valence-corrected chi connectivity index (χ4v) is 6.27. The monoisotopic (exact) mass is 395 g/mol. The Labute approximate surface area is 169 Å². The van der Waals surface area contributed by atoms with Crippen LogP contribution in [0.2, 0.25) is 0 Å². The van der Waals surface area contributed by atoms with Gasteiger partial charge in [-0.05, 0) is 86.8 Å². The summed E-state index contributed by atoms with van der Waals surface area (Å²) in [7, 11) is 1.35. The molecule has 0 unspecified atom stereocenters. The maximum atomic E-state index is 13.5. The van der Waals surface area contributed by atoms with Crippen molar-refractivity contribution in [3.63, 3.8) is 0 Å². The SMILES string of the molecule is COC(=O)c1ccc(NC(=O)C23C[C@H]4C[C@H](C2)CC(n2nnc(C)n2)(C4)C3)cc1. The summed E-state index contributed by atoms with van der Waals surface area (Å²) in [6.07, 6.45) is 5.85. The molecule has 4 fully saturated rings. The van der Waals surface area contributed by atoms with Gasteiger partial charge in [0.05, 0.1) is 23.6 Å². The number of aromatic nitrogens is 4. The lowest BCUT2D eigenvalue weighted by molar-refractivity contribution is -0.152. The van der Waals surface area contributed by atoms with E-state index < -0.39 is 5.41 Å². The van der Waals surface area contributed by atoms with Crippen LogP contribution in [0.25, 0.3) is 0 Å². The van der Waals surface area contributed by atoms with Crippen molar-refractivity contribution < 1.29 is 14.3 Å². The number of aryl methyl sites for hydroxylation is 1. The van der Waals surface area contributed by atoms with Crippen molar-refractivity contribution in [3.8, 4) is 0 Å². The molecule has 0 saturated heterocycles. The number of benzene rings is 1. The van der Waals surface area contributed by atoms with Crippen LogP contribution in [0.15, 0.2) is 24.3 Å². The second-order valence-corrected chi connectivity index (χ2v) is 9.11. The summed E-state index contributed by atoms with van der Waals surface area (Å²) in [5.41, 5.74) is 0.568. The van der Waals surface area contributed by atoms with Crippen LogP contribution in [0, 0.1) is 24.2 Å². The smallest absolute Gasteiger partial charge is 0.337 e. The number of rotatable bonds is 4. The van der Waals surface area contributed by atoms with Gasteiger partial charge in [0.15, 0.2) is 5.82 Å². The lowest BCUT2D eigenvalue weighted by Crippen LogP contribution is -2.60. The normalized spacial score (nSPS) is 32.2. The van der Waals surface area contributed by atoms with Crippen molar-refractivity contribution in [3.05, 3.63) is 35.7 Å². The summed E-state index contributed by atoms with van der Waals surface area (Å²) in [6.45, 7) is 1.85. The standard InChI is InChI=1S/C21H25N5O3/c1-13-23-25-26(24-13)21-10-14-7-15(11-21)9-20(8-14,12-21)19(28)22-17-5-3-16(4-6-17)18(27)29-2/h3-6,14-15H,7-12H2,1-2H3,(H,22,28)/t14-,15-,20?,21?/m1/s1. The molecular formula is C21H25N5O3. The number of carbonyl (C=O) groups excluding carboxylic acids is 2. The maximum Gasteiger partial charge on any atom is 0.337 e. The molecule has 4 bridgehead atoms. The molecule has 0 aliphatic heterocycles. The maximum absolute atomic E-state index is 13.5. The first-order valence-corrected chi connectivity index (χ1v) is 10.2. The van der Waals surface area contributed by atoms with E-state index in [1.54, 1.807) is 29.1 Å². The van der Waals surface area contributed by atoms with Crippen molar-refractivity contribution in [2.45, 2.75) is 51.0 Å². The van der Waals surface area contributed by atoms with Gasteiger partial charge >= 0.3 is 5.97 Å². The molecule has 8 nitrogen and oxygen atoms in total. The second-order valence-electron chi connectivity index (χ2n) is 9.11. The van der Waals surface area contributed by atoms with Crippen LogP contribution in [-0.4, -0.2) is 39.2 Å². The van der Waals surface area contributed by atoms with Crippen LogP contribution in [-0.2, 0) is 15.1 Å². The van der Waals surface area contributed by atoms with E-state index in [2.05, 4.69) is 20.7 Å². The van der Waals surface area contributed by atoms with Gasteiger partial charge in [0.2, 0.25) is 5.91 Å². The van der Waals surface area contributed by atoms with Gasteiger partial charge in [-0.1, -0.05) is 0 Å². The topological polar surface area (TPSA) is 99.0 Å². The Morgan fingerprint density at radius 2 is 1.83 bits per heavy atom. The molecule has 2 atom stereocenters. The summed E-state index contributed by atoms with van der Waals surface area (Å²) < 4.78 is 4.73. The van der Waals surface area contributed by atoms with Gasteiger partial charge in [-0.15, -0.1) is 10.2 Å². The molecule has 2 aromatic rings. The molecule has 4 aliphatic carbocycles. The molecule has 6 rings (SSSR count). The van der Waals surface area contributed by atoms with Crippen LogP contribution in [0.5, 0.6) is 0 Å². The molecule has 1 N–H and O–H groups in total. The highest BCUT2D eigenvalue weighted by atomic mass is 16.5. The third-order valence-corrected chi connectivity index (χ3v) is 7.01. The third kappa shape index (κ3) is 2.92. The molecule has 4 aliphatic rings. The molecule has 8 heteroatoms. The highest BCUT2D eigenvalue weighted by Gasteiger charge is 2.62.